The van der Waals surface area contributed by atoms with E-state index >= 15 is 0 Å². The van der Waals surface area contributed by atoms with Gasteiger partial charge >= 0.3 is 0 Å². The molecule has 1 aromatic rings. The molecular weight excluding hydrogens is 174 g/mol. The lowest BCUT2D eigenvalue weighted by molar-refractivity contribution is -0.120. The van der Waals surface area contributed by atoms with Crippen molar-refractivity contribution in [2.24, 2.45) is 5.92 Å². The van der Waals surface area contributed by atoms with Crippen molar-refractivity contribution in [2.75, 3.05) is 6.54 Å². The summed E-state index contributed by atoms with van der Waals surface area (Å²) in [5, 5.41) is 1.14. The molecule has 1 aromatic carbocycles. The second-order valence-electron chi connectivity index (χ2n) is 4.15. The Morgan fingerprint density at radius 3 is 3.21 bits per heavy atom. The lowest BCUT2D eigenvalue weighted by Crippen LogP contribution is -2.22. The van der Waals surface area contributed by atoms with Gasteiger partial charge in [0.15, 0.2) is 1.41 Å². The topological polar surface area (TPSA) is 29.1 Å². The summed E-state index contributed by atoms with van der Waals surface area (Å²) in [7, 11) is 0. The van der Waals surface area contributed by atoms with Gasteiger partial charge in [0.05, 0.1) is 5.92 Å². The van der Waals surface area contributed by atoms with Crippen LogP contribution in [0.4, 0.5) is 0 Å². The van der Waals surface area contributed by atoms with Crippen LogP contribution in [-0.2, 0) is 11.2 Å². The SMILES string of the molecule is [2H]N1CC2CCc3ccccc3C2C1=O. The van der Waals surface area contributed by atoms with Gasteiger partial charge in [-0.1, -0.05) is 24.3 Å². The summed E-state index contributed by atoms with van der Waals surface area (Å²) in [5.41, 5.74) is 2.45. The largest absolute Gasteiger partial charge is 0.355 e. The lowest BCUT2D eigenvalue weighted by Gasteiger charge is -2.25. The minimum Gasteiger partial charge on any atom is -0.355 e. The van der Waals surface area contributed by atoms with Crippen molar-refractivity contribution in [1.29, 1.82) is 0 Å². The zero-order valence-electron chi connectivity index (χ0n) is 8.94. The van der Waals surface area contributed by atoms with Gasteiger partial charge in [-0.25, -0.2) is 0 Å². The minimum absolute atomic E-state index is 0.0212. The average Bonchev–Trinajstić information content (AvgIpc) is 2.55. The highest BCUT2D eigenvalue weighted by Crippen LogP contribution is 2.38. The molecule has 0 saturated carbocycles. The van der Waals surface area contributed by atoms with E-state index in [0.717, 1.165) is 23.7 Å². The van der Waals surface area contributed by atoms with Crippen LogP contribution in [0, 0.1) is 5.92 Å². The highest BCUT2D eigenvalue weighted by atomic mass is 16.2. The predicted molar refractivity (Wildman–Crippen MR) is 54.0 cm³/mol. The molecule has 1 N–H and O–H groups in total. The summed E-state index contributed by atoms with van der Waals surface area (Å²) >= 11 is 0. The smallest absolute Gasteiger partial charge is 0.227 e. The third kappa shape index (κ3) is 0.999. The van der Waals surface area contributed by atoms with Gasteiger partial charge in [0.2, 0.25) is 5.91 Å². The van der Waals surface area contributed by atoms with Crippen molar-refractivity contribution in [1.82, 2.24) is 5.31 Å². The third-order valence-electron chi connectivity index (χ3n) is 3.39. The number of nitrogens with one attached hydrogen (secondary N) is 1. The molecule has 2 unspecified atom stereocenters. The van der Waals surface area contributed by atoms with E-state index in [1.807, 2.05) is 18.2 Å². The van der Waals surface area contributed by atoms with Crippen LogP contribution >= 0.6 is 0 Å². The molecule has 2 nitrogen and oxygen atoms in total. The molecule has 2 aliphatic rings. The van der Waals surface area contributed by atoms with Crippen LogP contribution in [0.3, 0.4) is 0 Å². The summed E-state index contributed by atoms with van der Waals surface area (Å²) in [4.78, 5) is 11.8. The quantitative estimate of drug-likeness (QED) is 0.656. The predicted octanol–water partition coefficient (Wildman–Crippen LogP) is 1.46. The first-order valence-electron chi connectivity index (χ1n) is 5.60. The number of carbonyl (C=O) groups excluding carboxylic acids is 1. The van der Waals surface area contributed by atoms with E-state index in [-0.39, 0.29) is 11.8 Å². The first kappa shape index (κ1) is 7.04. The number of rotatable bonds is 0. The monoisotopic (exact) mass is 188 g/mol. The lowest BCUT2D eigenvalue weighted by atomic mass is 9.77. The Bertz CT molecular complexity index is 418. The van der Waals surface area contributed by atoms with Gasteiger partial charge < -0.3 is 5.31 Å². The molecule has 2 heteroatoms. The van der Waals surface area contributed by atoms with Gasteiger partial charge in [-0.15, -0.1) is 0 Å². The molecule has 0 bridgehead atoms. The Labute approximate surface area is 84.8 Å². The summed E-state index contributed by atoms with van der Waals surface area (Å²) in [5.74, 6) is 0.310. The molecule has 1 amide bonds. The van der Waals surface area contributed by atoms with Gasteiger partial charge in [-0.3, -0.25) is 4.79 Å². The van der Waals surface area contributed by atoms with Crippen molar-refractivity contribution in [3.63, 3.8) is 0 Å². The molecule has 3 rings (SSSR count). The first-order chi connectivity index (χ1) is 7.27. The van der Waals surface area contributed by atoms with Crippen LogP contribution in [0.15, 0.2) is 24.3 Å². The van der Waals surface area contributed by atoms with Crippen LogP contribution in [0.1, 0.15) is 23.5 Å². The fourth-order valence-corrected chi connectivity index (χ4v) is 2.66. The molecule has 14 heavy (non-hydrogen) atoms. The fraction of sp³-hybridized carbons (Fsp3) is 0.417. The summed E-state index contributed by atoms with van der Waals surface area (Å²) in [6.07, 6.45) is 2.10. The van der Waals surface area contributed by atoms with Crippen LogP contribution in [0.2, 0.25) is 1.41 Å². The van der Waals surface area contributed by atoms with Gasteiger partial charge in [-0.05, 0) is 29.9 Å². The zero-order chi connectivity index (χ0) is 10.4. The summed E-state index contributed by atoms with van der Waals surface area (Å²) in [6.45, 7) is 0.609. The van der Waals surface area contributed by atoms with Crippen molar-refractivity contribution >= 4 is 5.91 Å². The Morgan fingerprint density at radius 2 is 2.29 bits per heavy atom. The summed E-state index contributed by atoms with van der Waals surface area (Å²) in [6, 6.07) is 8.16. The van der Waals surface area contributed by atoms with E-state index in [1.54, 1.807) is 0 Å². The van der Waals surface area contributed by atoms with Crippen molar-refractivity contribution in [2.45, 2.75) is 18.8 Å². The fourth-order valence-electron chi connectivity index (χ4n) is 2.66. The highest BCUT2D eigenvalue weighted by Gasteiger charge is 2.39. The molecule has 1 aliphatic heterocycles. The maximum Gasteiger partial charge on any atom is 0.227 e. The van der Waals surface area contributed by atoms with E-state index in [2.05, 4.69) is 6.07 Å². The summed E-state index contributed by atoms with van der Waals surface area (Å²) < 4.78 is 7.56. The molecule has 0 spiro atoms. The normalized spacial score (nSPS) is 31.0. The molecule has 72 valence electrons. The molecule has 2 atom stereocenters. The number of hydrogen-bond acceptors (Lipinski definition) is 1. The van der Waals surface area contributed by atoms with Crippen LogP contribution in [0.25, 0.3) is 0 Å². The van der Waals surface area contributed by atoms with Crippen molar-refractivity contribution in [3.05, 3.63) is 35.4 Å². The number of benzene rings is 1. The van der Waals surface area contributed by atoms with Crippen LogP contribution in [-0.4, -0.2) is 12.5 Å². The Balaban J connectivity index is 2.08. The van der Waals surface area contributed by atoms with Crippen LogP contribution in [0.5, 0.6) is 0 Å². The maximum absolute atomic E-state index is 11.8. The number of fused-ring (bicyclic) bond motifs is 3. The number of amides is 1. The highest BCUT2D eigenvalue weighted by molar-refractivity contribution is 5.87. The molecular formula is C12H13NO. The number of aryl methyl sites for hydroxylation is 1. The number of carbonyl (C=O) groups is 1. The van der Waals surface area contributed by atoms with Crippen molar-refractivity contribution in [3.8, 4) is 0 Å². The van der Waals surface area contributed by atoms with Gasteiger partial charge in [0, 0.05) is 6.54 Å². The van der Waals surface area contributed by atoms with E-state index in [4.69, 9.17) is 1.41 Å². The van der Waals surface area contributed by atoms with Gasteiger partial charge in [0.25, 0.3) is 0 Å². The zero-order valence-corrected chi connectivity index (χ0v) is 7.94. The molecule has 0 radical (unpaired) electrons. The van der Waals surface area contributed by atoms with Crippen LogP contribution < -0.4 is 5.31 Å². The van der Waals surface area contributed by atoms with Crippen molar-refractivity contribution < 1.29 is 6.21 Å². The molecule has 1 aliphatic carbocycles. The second-order valence-corrected chi connectivity index (χ2v) is 4.15. The molecule has 1 heterocycles. The Hall–Kier alpha value is -1.31. The van der Waals surface area contributed by atoms with E-state index in [0.29, 0.717) is 12.5 Å². The van der Waals surface area contributed by atoms with E-state index in [9.17, 15) is 4.79 Å². The van der Waals surface area contributed by atoms with E-state index < -0.39 is 0 Å². The molecule has 1 saturated heterocycles. The average molecular weight is 188 g/mol. The van der Waals surface area contributed by atoms with Gasteiger partial charge in [-0.2, -0.15) is 0 Å². The maximum atomic E-state index is 11.8. The Kier molecular flexibility index (Phi) is 1.43. The number of hydrogen-bond donors (Lipinski definition) is 1. The first-order valence-corrected chi connectivity index (χ1v) is 5.15. The van der Waals surface area contributed by atoms with Gasteiger partial charge in [0.1, 0.15) is 0 Å². The second kappa shape index (κ2) is 2.84. The third-order valence-corrected chi connectivity index (χ3v) is 3.39. The minimum atomic E-state index is -0.0348. The molecule has 0 aromatic heterocycles. The Morgan fingerprint density at radius 1 is 1.43 bits per heavy atom. The standard InChI is InChI=1S/C12H13NO/c14-12-11-9(7-13-12)6-5-8-3-1-2-4-10(8)11/h1-4,9,11H,5-7H2,(H,13,14)/i/hD. The van der Waals surface area contributed by atoms with E-state index in [1.165, 1.54) is 5.56 Å². The molecule has 1 fully saturated rings.